The van der Waals surface area contributed by atoms with Gasteiger partial charge in [-0.3, -0.25) is 9.59 Å². The Balaban J connectivity index is 1.71. The van der Waals surface area contributed by atoms with E-state index in [2.05, 4.69) is 17.4 Å². The molecule has 0 heterocycles. The highest BCUT2D eigenvalue weighted by molar-refractivity contribution is 8.00. The SMILES string of the molecule is CC(Sc1ccccc1C(=O)NC1Cc2ccccc2C1)C(=O)O. The molecule has 0 aromatic heterocycles. The summed E-state index contributed by atoms with van der Waals surface area (Å²) in [7, 11) is 0. The lowest BCUT2D eigenvalue weighted by molar-refractivity contribution is -0.136. The van der Waals surface area contributed by atoms with Gasteiger partial charge in [-0.1, -0.05) is 36.4 Å². The van der Waals surface area contributed by atoms with Gasteiger partial charge in [-0.25, -0.2) is 0 Å². The molecule has 1 aliphatic rings. The Morgan fingerprint density at radius 2 is 1.67 bits per heavy atom. The number of fused-ring (bicyclic) bond motifs is 1. The van der Waals surface area contributed by atoms with Crippen LogP contribution in [0.2, 0.25) is 0 Å². The highest BCUT2D eigenvalue weighted by Crippen LogP contribution is 2.28. The maximum Gasteiger partial charge on any atom is 0.316 e. The fourth-order valence-electron chi connectivity index (χ4n) is 2.92. The van der Waals surface area contributed by atoms with Crippen LogP contribution in [0.25, 0.3) is 0 Å². The zero-order valence-corrected chi connectivity index (χ0v) is 14.2. The second kappa shape index (κ2) is 7.09. The van der Waals surface area contributed by atoms with Crippen molar-refractivity contribution in [2.45, 2.75) is 36.0 Å². The molecule has 1 amide bonds. The van der Waals surface area contributed by atoms with Crippen molar-refractivity contribution in [3.8, 4) is 0 Å². The van der Waals surface area contributed by atoms with E-state index < -0.39 is 11.2 Å². The van der Waals surface area contributed by atoms with Crippen LogP contribution in [0.3, 0.4) is 0 Å². The van der Waals surface area contributed by atoms with Gasteiger partial charge in [0.15, 0.2) is 0 Å². The van der Waals surface area contributed by atoms with Crippen LogP contribution in [-0.2, 0) is 17.6 Å². The molecule has 1 aliphatic carbocycles. The minimum atomic E-state index is -0.888. The Kier molecular flexibility index (Phi) is 4.90. The van der Waals surface area contributed by atoms with Gasteiger partial charge in [-0.2, -0.15) is 0 Å². The molecule has 0 bridgehead atoms. The van der Waals surface area contributed by atoms with Crippen LogP contribution < -0.4 is 5.32 Å². The molecule has 4 nitrogen and oxygen atoms in total. The number of carbonyl (C=O) groups excluding carboxylic acids is 1. The molecule has 3 rings (SSSR count). The molecule has 2 N–H and O–H groups in total. The third-order valence-corrected chi connectivity index (χ3v) is 5.33. The van der Waals surface area contributed by atoms with Crippen molar-refractivity contribution in [3.05, 3.63) is 65.2 Å². The molecule has 124 valence electrons. The van der Waals surface area contributed by atoms with Gasteiger partial charge in [0.2, 0.25) is 0 Å². The van der Waals surface area contributed by atoms with E-state index in [9.17, 15) is 9.59 Å². The first-order valence-electron chi connectivity index (χ1n) is 7.90. The maximum atomic E-state index is 12.7. The molecular formula is C19H19NO3S. The highest BCUT2D eigenvalue weighted by Gasteiger charge is 2.24. The normalized spacial score (nSPS) is 14.9. The Hall–Kier alpha value is -2.27. The summed E-state index contributed by atoms with van der Waals surface area (Å²) in [6.07, 6.45) is 1.67. The van der Waals surface area contributed by atoms with Crippen molar-refractivity contribution in [2.75, 3.05) is 0 Å². The van der Waals surface area contributed by atoms with E-state index in [1.54, 1.807) is 25.1 Å². The molecule has 0 saturated carbocycles. The molecular weight excluding hydrogens is 322 g/mol. The number of rotatable bonds is 5. The number of thioether (sulfide) groups is 1. The smallest absolute Gasteiger partial charge is 0.316 e. The van der Waals surface area contributed by atoms with Gasteiger partial charge in [0.05, 0.1) is 5.56 Å². The highest BCUT2D eigenvalue weighted by atomic mass is 32.2. The third-order valence-electron chi connectivity index (χ3n) is 4.17. The number of carbonyl (C=O) groups is 2. The lowest BCUT2D eigenvalue weighted by atomic mass is 10.1. The van der Waals surface area contributed by atoms with Crippen molar-refractivity contribution in [3.63, 3.8) is 0 Å². The lowest BCUT2D eigenvalue weighted by Crippen LogP contribution is -2.35. The molecule has 0 aliphatic heterocycles. The van der Waals surface area contributed by atoms with Crippen LogP contribution in [0.15, 0.2) is 53.4 Å². The first-order valence-corrected chi connectivity index (χ1v) is 8.78. The maximum absolute atomic E-state index is 12.7. The molecule has 2 aromatic rings. The van der Waals surface area contributed by atoms with E-state index in [-0.39, 0.29) is 11.9 Å². The molecule has 0 fully saturated rings. The standard InChI is InChI=1S/C19H19NO3S/c1-12(19(22)23)24-17-9-5-4-8-16(17)18(21)20-15-10-13-6-2-3-7-14(13)11-15/h2-9,12,15H,10-11H2,1H3,(H,20,21)(H,22,23). The zero-order chi connectivity index (χ0) is 17.1. The fraction of sp³-hybridized carbons (Fsp3) is 0.263. The summed E-state index contributed by atoms with van der Waals surface area (Å²) in [6.45, 7) is 1.62. The van der Waals surface area contributed by atoms with E-state index >= 15 is 0 Å². The number of amides is 1. The van der Waals surface area contributed by atoms with Crippen LogP contribution in [0.4, 0.5) is 0 Å². The fourth-order valence-corrected chi connectivity index (χ4v) is 3.85. The quantitative estimate of drug-likeness (QED) is 0.820. The average molecular weight is 341 g/mol. The number of carboxylic acid groups (broad SMARTS) is 1. The Labute approximate surface area is 145 Å². The minimum absolute atomic E-state index is 0.0878. The molecule has 0 spiro atoms. The van der Waals surface area contributed by atoms with Crippen molar-refractivity contribution < 1.29 is 14.7 Å². The van der Waals surface area contributed by atoms with Crippen LogP contribution in [0, 0.1) is 0 Å². The number of carboxylic acids is 1. The summed E-state index contributed by atoms with van der Waals surface area (Å²) in [5, 5.41) is 11.6. The summed E-state index contributed by atoms with van der Waals surface area (Å²) < 4.78 is 0. The van der Waals surface area contributed by atoms with Crippen LogP contribution in [0.5, 0.6) is 0 Å². The Morgan fingerprint density at radius 1 is 1.08 bits per heavy atom. The van der Waals surface area contributed by atoms with Gasteiger partial charge in [-0.15, -0.1) is 11.8 Å². The summed E-state index contributed by atoms with van der Waals surface area (Å²) in [6, 6.07) is 15.5. The van der Waals surface area contributed by atoms with Gasteiger partial charge < -0.3 is 10.4 Å². The first kappa shape index (κ1) is 16.6. The summed E-state index contributed by atoms with van der Waals surface area (Å²) in [5.41, 5.74) is 3.10. The van der Waals surface area contributed by atoms with Gasteiger partial charge in [0.1, 0.15) is 5.25 Å². The zero-order valence-electron chi connectivity index (χ0n) is 13.4. The predicted molar refractivity (Wildman–Crippen MR) is 94.5 cm³/mol. The van der Waals surface area contributed by atoms with Crippen LogP contribution >= 0.6 is 11.8 Å². The number of benzene rings is 2. The summed E-state index contributed by atoms with van der Waals surface area (Å²) in [4.78, 5) is 24.4. The number of hydrogen-bond donors (Lipinski definition) is 2. The van der Waals surface area contributed by atoms with E-state index in [0.717, 1.165) is 12.8 Å². The van der Waals surface area contributed by atoms with Gasteiger partial charge in [0, 0.05) is 10.9 Å². The third kappa shape index (κ3) is 3.62. The molecule has 0 radical (unpaired) electrons. The van der Waals surface area contributed by atoms with E-state index in [1.165, 1.54) is 22.9 Å². The van der Waals surface area contributed by atoms with E-state index in [4.69, 9.17) is 5.11 Å². The first-order chi connectivity index (χ1) is 11.5. The molecule has 0 saturated heterocycles. The minimum Gasteiger partial charge on any atom is -0.480 e. The van der Waals surface area contributed by atoms with Crippen molar-refractivity contribution in [1.82, 2.24) is 5.32 Å². The monoisotopic (exact) mass is 341 g/mol. The van der Waals surface area contributed by atoms with Crippen molar-refractivity contribution in [1.29, 1.82) is 0 Å². The van der Waals surface area contributed by atoms with E-state index in [1.807, 2.05) is 18.2 Å². The summed E-state index contributed by atoms with van der Waals surface area (Å²) in [5.74, 6) is -1.03. The topological polar surface area (TPSA) is 66.4 Å². The van der Waals surface area contributed by atoms with Gasteiger partial charge >= 0.3 is 5.97 Å². The molecule has 5 heteroatoms. The lowest BCUT2D eigenvalue weighted by Gasteiger charge is -2.15. The van der Waals surface area contributed by atoms with Crippen LogP contribution in [-0.4, -0.2) is 28.3 Å². The Morgan fingerprint density at radius 3 is 2.29 bits per heavy atom. The van der Waals surface area contributed by atoms with Crippen molar-refractivity contribution >= 4 is 23.6 Å². The molecule has 1 atom stereocenters. The van der Waals surface area contributed by atoms with Gasteiger partial charge in [-0.05, 0) is 43.0 Å². The molecule has 2 aromatic carbocycles. The number of hydrogen-bond acceptors (Lipinski definition) is 3. The molecule has 1 unspecified atom stereocenters. The second-order valence-electron chi connectivity index (χ2n) is 5.94. The van der Waals surface area contributed by atoms with Crippen molar-refractivity contribution in [2.24, 2.45) is 0 Å². The predicted octanol–water partition coefficient (Wildman–Crippen LogP) is 3.15. The summed E-state index contributed by atoms with van der Waals surface area (Å²) >= 11 is 1.19. The Bertz CT molecular complexity index is 750. The van der Waals surface area contributed by atoms with Gasteiger partial charge in [0.25, 0.3) is 5.91 Å². The number of nitrogens with one attached hydrogen (secondary N) is 1. The van der Waals surface area contributed by atoms with Crippen LogP contribution in [0.1, 0.15) is 28.4 Å². The van der Waals surface area contributed by atoms with E-state index in [0.29, 0.717) is 10.5 Å². The largest absolute Gasteiger partial charge is 0.480 e. The second-order valence-corrected chi connectivity index (χ2v) is 7.32. The number of aliphatic carboxylic acids is 1. The molecule has 24 heavy (non-hydrogen) atoms. The average Bonchev–Trinajstić information content (AvgIpc) is 2.97.